The molecule has 5 nitrogen and oxygen atoms in total. The number of nitrogens with one attached hydrogen (secondary N) is 1. The lowest BCUT2D eigenvalue weighted by Gasteiger charge is -2.13. The minimum atomic E-state index is 0.271. The fourth-order valence-corrected chi connectivity index (χ4v) is 2.51. The molecule has 1 aromatic heterocycles. The Balaban J connectivity index is 1.71. The van der Waals surface area contributed by atoms with Crippen molar-refractivity contribution in [1.29, 1.82) is 5.26 Å². The van der Waals surface area contributed by atoms with Gasteiger partial charge in [0.25, 0.3) is 0 Å². The summed E-state index contributed by atoms with van der Waals surface area (Å²) in [7, 11) is 0. The SMILES string of the molecule is N#Cc1nccnc1NCc1ccccc1COc1ccccc1Cl. The number of para-hydroxylation sites is 1. The van der Waals surface area contributed by atoms with Gasteiger partial charge in [0.05, 0.1) is 5.02 Å². The Labute approximate surface area is 150 Å². The van der Waals surface area contributed by atoms with Crippen molar-refractivity contribution in [1.82, 2.24) is 9.97 Å². The molecule has 3 aromatic rings. The lowest BCUT2D eigenvalue weighted by molar-refractivity contribution is 0.305. The molecule has 1 N–H and O–H groups in total. The lowest BCUT2D eigenvalue weighted by atomic mass is 10.1. The second-order valence-corrected chi connectivity index (χ2v) is 5.61. The fraction of sp³-hybridized carbons (Fsp3) is 0.105. The van der Waals surface area contributed by atoms with Crippen molar-refractivity contribution in [2.75, 3.05) is 5.32 Å². The van der Waals surface area contributed by atoms with Crippen LogP contribution < -0.4 is 10.1 Å². The van der Waals surface area contributed by atoms with Gasteiger partial charge in [0.15, 0.2) is 11.5 Å². The molecule has 0 amide bonds. The molecule has 0 aliphatic heterocycles. The third kappa shape index (κ3) is 4.25. The summed E-state index contributed by atoms with van der Waals surface area (Å²) in [5.74, 6) is 1.11. The number of aromatic nitrogens is 2. The van der Waals surface area contributed by atoms with Crippen molar-refractivity contribution in [3.8, 4) is 11.8 Å². The summed E-state index contributed by atoms with van der Waals surface area (Å²) in [6, 6.07) is 17.3. The van der Waals surface area contributed by atoms with E-state index in [0.717, 1.165) is 11.1 Å². The predicted molar refractivity (Wildman–Crippen MR) is 96.3 cm³/mol. The van der Waals surface area contributed by atoms with Crippen LogP contribution in [0.1, 0.15) is 16.8 Å². The molecule has 0 saturated carbocycles. The van der Waals surface area contributed by atoms with Crippen LogP contribution in [0.25, 0.3) is 0 Å². The molecule has 0 fully saturated rings. The highest BCUT2D eigenvalue weighted by molar-refractivity contribution is 6.32. The van der Waals surface area contributed by atoms with Crippen molar-refractivity contribution < 1.29 is 4.74 Å². The first-order chi connectivity index (χ1) is 12.3. The van der Waals surface area contributed by atoms with Gasteiger partial charge in [-0.1, -0.05) is 48.0 Å². The van der Waals surface area contributed by atoms with E-state index in [9.17, 15) is 0 Å². The number of benzene rings is 2. The van der Waals surface area contributed by atoms with Crippen LogP contribution in [-0.4, -0.2) is 9.97 Å². The molecular weight excluding hydrogens is 336 g/mol. The van der Waals surface area contributed by atoms with Crippen LogP contribution in [0.2, 0.25) is 5.02 Å². The average molecular weight is 351 g/mol. The molecule has 0 bridgehead atoms. The summed E-state index contributed by atoms with van der Waals surface area (Å²) in [6.07, 6.45) is 3.05. The van der Waals surface area contributed by atoms with Gasteiger partial charge in [-0.25, -0.2) is 9.97 Å². The second-order valence-electron chi connectivity index (χ2n) is 5.21. The molecule has 0 spiro atoms. The van der Waals surface area contributed by atoms with Gasteiger partial charge in [0.1, 0.15) is 18.4 Å². The van der Waals surface area contributed by atoms with E-state index in [2.05, 4.69) is 15.3 Å². The third-order valence-electron chi connectivity index (χ3n) is 3.59. The number of hydrogen-bond donors (Lipinski definition) is 1. The van der Waals surface area contributed by atoms with Crippen molar-refractivity contribution in [2.24, 2.45) is 0 Å². The lowest BCUT2D eigenvalue weighted by Crippen LogP contribution is -2.08. The minimum Gasteiger partial charge on any atom is -0.487 e. The van der Waals surface area contributed by atoms with Crippen molar-refractivity contribution >= 4 is 17.4 Å². The van der Waals surface area contributed by atoms with E-state index in [1.165, 1.54) is 6.20 Å². The number of ether oxygens (including phenoxy) is 1. The topological polar surface area (TPSA) is 70.8 Å². The standard InChI is InChI=1S/C19H15ClN4O/c20-16-7-3-4-8-18(16)25-13-15-6-2-1-5-14(15)12-24-19-17(11-21)22-9-10-23-19/h1-10H,12-13H2,(H,23,24). The molecule has 124 valence electrons. The Hall–Kier alpha value is -3.10. The van der Waals surface area contributed by atoms with Crippen LogP contribution in [0.5, 0.6) is 5.75 Å². The summed E-state index contributed by atoms with van der Waals surface area (Å²) in [5, 5.41) is 12.8. The van der Waals surface area contributed by atoms with E-state index in [0.29, 0.717) is 29.7 Å². The Kier molecular flexibility index (Phi) is 5.45. The van der Waals surface area contributed by atoms with E-state index >= 15 is 0 Å². The Morgan fingerprint density at radius 1 is 1.00 bits per heavy atom. The molecule has 6 heteroatoms. The highest BCUT2D eigenvalue weighted by Crippen LogP contribution is 2.24. The average Bonchev–Trinajstić information content (AvgIpc) is 2.66. The first-order valence-electron chi connectivity index (χ1n) is 7.67. The summed E-state index contributed by atoms with van der Waals surface area (Å²) < 4.78 is 5.82. The van der Waals surface area contributed by atoms with Crippen molar-refractivity contribution in [2.45, 2.75) is 13.2 Å². The Bertz CT molecular complexity index is 908. The maximum atomic E-state index is 9.08. The first kappa shape index (κ1) is 16.7. The number of halogens is 1. The van der Waals surface area contributed by atoms with E-state index in [1.807, 2.05) is 48.5 Å². The molecule has 1 heterocycles. The summed E-state index contributed by atoms with van der Waals surface area (Å²) in [4.78, 5) is 8.15. The van der Waals surface area contributed by atoms with Crippen LogP contribution in [-0.2, 0) is 13.2 Å². The smallest absolute Gasteiger partial charge is 0.182 e. The number of nitrogens with zero attached hydrogens (tertiary/aromatic N) is 3. The van der Waals surface area contributed by atoms with Gasteiger partial charge in [-0.05, 0) is 23.3 Å². The normalized spacial score (nSPS) is 10.1. The second kappa shape index (κ2) is 8.13. The van der Waals surface area contributed by atoms with Gasteiger partial charge >= 0.3 is 0 Å². The maximum Gasteiger partial charge on any atom is 0.182 e. The highest BCUT2D eigenvalue weighted by Gasteiger charge is 2.07. The van der Waals surface area contributed by atoms with Crippen molar-refractivity contribution in [3.63, 3.8) is 0 Å². The molecule has 0 saturated heterocycles. The quantitative estimate of drug-likeness (QED) is 0.721. The summed E-state index contributed by atoms with van der Waals surface area (Å²) in [6.45, 7) is 0.905. The molecule has 0 radical (unpaired) electrons. The molecule has 3 rings (SSSR count). The fourth-order valence-electron chi connectivity index (χ4n) is 2.32. The van der Waals surface area contributed by atoms with Gasteiger partial charge in [-0.2, -0.15) is 5.26 Å². The van der Waals surface area contributed by atoms with Crippen molar-refractivity contribution in [3.05, 3.63) is 82.8 Å². The molecule has 0 atom stereocenters. The highest BCUT2D eigenvalue weighted by atomic mass is 35.5. The number of hydrogen-bond acceptors (Lipinski definition) is 5. The molecular formula is C19H15ClN4O. The van der Waals surface area contributed by atoms with Gasteiger partial charge in [-0.3, -0.25) is 0 Å². The van der Waals surface area contributed by atoms with Crippen LogP contribution in [0.4, 0.5) is 5.82 Å². The number of rotatable bonds is 6. The van der Waals surface area contributed by atoms with Gasteiger partial charge in [0, 0.05) is 18.9 Å². The van der Waals surface area contributed by atoms with E-state index in [4.69, 9.17) is 21.6 Å². The Morgan fingerprint density at radius 3 is 2.52 bits per heavy atom. The van der Waals surface area contributed by atoms with Gasteiger partial charge in [0.2, 0.25) is 0 Å². The minimum absolute atomic E-state index is 0.271. The van der Waals surface area contributed by atoms with Gasteiger partial charge in [-0.15, -0.1) is 0 Å². The zero-order valence-electron chi connectivity index (χ0n) is 13.3. The number of nitriles is 1. The zero-order chi connectivity index (χ0) is 17.5. The third-order valence-corrected chi connectivity index (χ3v) is 3.90. The maximum absolute atomic E-state index is 9.08. The monoisotopic (exact) mass is 350 g/mol. The molecule has 0 aliphatic rings. The van der Waals surface area contributed by atoms with Crippen LogP contribution in [0.15, 0.2) is 60.9 Å². The van der Waals surface area contributed by atoms with Gasteiger partial charge < -0.3 is 10.1 Å². The molecule has 0 unspecified atom stereocenters. The largest absolute Gasteiger partial charge is 0.487 e. The van der Waals surface area contributed by atoms with E-state index in [-0.39, 0.29) is 5.69 Å². The molecule has 2 aromatic carbocycles. The van der Waals surface area contributed by atoms with E-state index in [1.54, 1.807) is 12.3 Å². The Morgan fingerprint density at radius 2 is 1.72 bits per heavy atom. The molecule has 25 heavy (non-hydrogen) atoms. The van der Waals surface area contributed by atoms with Crippen LogP contribution in [0.3, 0.4) is 0 Å². The first-order valence-corrected chi connectivity index (χ1v) is 8.05. The predicted octanol–water partition coefficient (Wildman–Crippen LogP) is 4.19. The zero-order valence-corrected chi connectivity index (χ0v) is 14.1. The molecule has 0 aliphatic carbocycles. The summed E-state index contributed by atoms with van der Waals surface area (Å²) >= 11 is 6.12. The summed E-state index contributed by atoms with van der Waals surface area (Å²) in [5.41, 5.74) is 2.34. The van der Waals surface area contributed by atoms with E-state index < -0.39 is 0 Å². The van der Waals surface area contributed by atoms with Crippen LogP contribution in [0, 0.1) is 11.3 Å². The van der Waals surface area contributed by atoms with Crippen LogP contribution >= 0.6 is 11.6 Å². The number of anilines is 1.